The molecule has 2 atom stereocenters. The number of fused-ring (bicyclic) bond motifs is 16. The lowest BCUT2D eigenvalue weighted by Crippen LogP contribution is -2.62. The van der Waals surface area contributed by atoms with E-state index in [1.54, 1.807) is 0 Å². The van der Waals surface area contributed by atoms with Gasteiger partial charge in [0.25, 0.3) is 6.71 Å². The van der Waals surface area contributed by atoms with Gasteiger partial charge in [-0.1, -0.05) is 189 Å². The first-order chi connectivity index (χ1) is 41.0. The Bertz CT molecular complexity index is 4650. The van der Waals surface area contributed by atoms with Gasteiger partial charge in [0.2, 0.25) is 0 Å². The van der Waals surface area contributed by atoms with Crippen LogP contribution in [-0.4, -0.2) is 12.3 Å². The molecule has 6 aliphatic rings. The molecule has 0 spiro atoms. The van der Waals surface area contributed by atoms with Crippen molar-refractivity contribution >= 4 is 122 Å². The summed E-state index contributed by atoms with van der Waals surface area (Å²) in [7, 11) is 0. The Morgan fingerprint density at radius 2 is 1.06 bits per heavy atom. The smallest absolute Gasteiger partial charge is 0.252 e. The van der Waals surface area contributed by atoms with Crippen molar-refractivity contribution in [1.82, 2.24) is 0 Å². The fourth-order valence-electron chi connectivity index (χ4n) is 17.9. The SMILES string of the molecule is Cc1cc2c(cc1N1c3cc(N4c5ccc(C(C)(C)C)cc5C5(C)CCCCC45C)cc4c3B(c3cc5c(cc3N4c3cccc4c3oc3ccccc34)C(C)(C)CCC5(C)C)c3ccc4c(sc5ccc(C(C)(C)C)cc54)c31)C(C)(C)CCC2(C)C. The summed E-state index contributed by atoms with van der Waals surface area (Å²) in [6, 6.07) is 51.7. The van der Waals surface area contributed by atoms with E-state index in [-0.39, 0.29) is 50.2 Å². The Morgan fingerprint density at radius 3 is 1.75 bits per heavy atom. The summed E-state index contributed by atoms with van der Waals surface area (Å²) < 4.78 is 9.97. The Morgan fingerprint density at radius 1 is 0.460 bits per heavy atom. The Kier molecular flexibility index (Phi) is 11.3. The average Bonchev–Trinajstić information content (AvgIpc) is 1.65. The molecule has 87 heavy (non-hydrogen) atoms. The topological polar surface area (TPSA) is 22.9 Å². The third-order valence-electron chi connectivity index (χ3n) is 23.8. The minimum Gasteiger partial charge on any atom is -0.454 e. The average molecular weight is 1160 g/mol. The van der Waals surface area contributed by atoms with Crippen LogP contribution in [0.1, 0.15) is 207 Å². The van der Waals surface area contributed by atoms with Crippen molar-refractivity contribution in [2.45, 2.75) is 213 Å². The maximum atomic E-state index is 7.26. The van der Waals surface area contributed by atoms with Crippen molar-refractivity contribution in [3.63, 3.8) is 0 Å². The molecule has 2 unspecified atom stereocenters. The molecule has 0 radical (unpaired) electrons. The molecule has 10 aromatic rings. The van der Waals surface area contributed by atoms with Gasteiger partial charge in [0, 0.05) is 65.8 Å². The second-order valence-corrected chi connectivity index (χ2v) is 34.1. The lowest BCUT2D eigenvalue weighted by Gasteiger charge is -2.51. The minimum atomic E-state index is -0.201. The number of hydrogen-bond donors (Lipinski definition) is 0. The fourth-order valence-corrected chi connectivity index (χ4v) is 19.2. The third-order valence-corrected chi connectivity index (χ3v) is 24.9. The Labute approximate surface area is 522 Å². The first-order valence-corrected chi connectivity index (χ1v) is 33.8. The number of anilines is 8. The monoisotopic (exact) mass is 1160 g/mol. The molecule has 2 aromatic heterocycles. The molecule has 3 aliphatic heterocycles. The molecule has 8 aromatic carbocycles. The zero-order chi connectivity index (χ0) is 60.8. The molecule has 6 heteroatoms. The molecular formula is C81H88BN3OS. The van der Waals surface area contributed by atoms with E-state index >= 15 is 0 Å². The fraction of sp³-hybridized carbons (Fsp3) is 0.407. The summed E-state index contributed by atoms with van der Waals surface area (Å²) in [4.78, 5) is 8.42. The van der Waals surface area contributed by atoms with Crippen LogP contribution in [0.25, 0.3) is 42.1 Å². The second kappa shape index (κ2) is 17.8. The van der Waals surface area contributed by atoms with Gasteiger partial charge in [0.05, 0.1) is 21.6 Å². The zero-order valence-electron chi connectivity index (χ0n) is 55.0. The summed E-state index contributed by atoms with van der Waals surface area (Å²) in [6.45, 7) is 41.9. The van der Waals surface area contributed by atoms with Gasteiger partial charge >= 0.3 is 0 Å². The highest BCUT2D eigenvalue weighted by atomic mass is 32.1. The van der Waals surface area contributed by atoms with Crippen molar-refractivity contribution in [2.75, 3.05) is 14.7 Å². The highest BCUT2D eigenvalue weighted by Gasteiger charge is 2.59. The van der Waals surface area contributed by atoms with E-state index in [0.29, 0.717) is 0 Å². The van der Waals surface area contributed by atoms with Gasteiger partial charge in [-0.25, -0.2) is 0 Å². The van der Waals surface area contributed by atoms with E-state index in [4.69, 9.17) is 4.42 Å². The van der Waals surface area contributed by atoms with Crippen LogP contribution in [0, 0.1) is 6.92 Å². The number of nitrogens with zero attached hydrogens (tertiary/aromatic N) is 3. The Balaban J connectivity index is 1.10. The van der Waals surface area contributed by atoms with Crippen LogP contribution in [0.4, 0.5) is 45.5 Å². The van der Waals surface area contributed by atoms with Crippen LogP contribution in [-0.2, 0) is 37.9 Å². The number of aryl methyl sites for hydroxylation is 1. The van der Waals surface area contributed by atoms with Gasteiger partial charge in [-0.05, 0) is 200 Å². The molecular weight excluding hydrogens is 1070 g/mol. The quantitative estimate of drug-likeness (QED) is 0.164. The molecule has 3 aliphatic carbocycles. The van der Waals surface area contributed by atoms with Crippen molar-refractivity contribution < 1.29 is 4.42 Å². The minimum absolute atomic E-state index is 0.00537. The van der Waals surface area contributed by atoms with Crippen LogP contribution in [0.2, 0.25) is 0 Å². The highest BCUT2D eigenvalue weighted by Crippen LogP contribution is 2.63. The predicted octanol–water partition coefficient (Wildman–Crippen LogP) is 21.4. The molecule has 1 fully saturated rings. The Hall–Kier alpha value is -6.76. The van der Waals surface area contributed by atoms with E-state index in [0.717, 1.165) is 59.7 Å². The normalized spacial score (nSPS) is 22.1. The second-order valence-electron chi connectivity index (χ2n) is 33.0. The predicted molar refractivity (Wildman–Crippen MR) is 376 cm³/mol. The van der Waals surface area contributed by atoms with Crippen molar-refractivity contribution in [1.29, 1.82) is 0 Å². The summed E-state index contributed by atoms with van der Waals surface area (Å²) in [5.74, 6) is 0. The number of furan rings is 1. The number of rotatable bonds is 3. The first-order valence-electron chi connectivity index (χ1n) is 33.0. The molecule has 16 rings (SSSR count). The first kappa shape index (κ1) is 55.5. The van der Waals surface area contributed by atoms with Crippen LogP contribution in [0.15, 0.2) is 132 Å². The molecule has 0 amide bonds. The number of para-hydroxylation sites is 2. The molecule has 0 bridgehead atoms. The summed E-state index contributed by atoms with van der Waals surface area (Å²) in [6.07, 6.45) is 9.30. The number of benzene rings is 8. The highest BCUT2D eigenvalue weighted by molar-refractivity contribution is 7.26. The summed E-state index contributed by atoms with van der Waals surface area (Å²) >= 11 is 2.00. The van der Waals surface area contributed by atoms with Crippen LogP contribution >= 0.6 is 11.3 Å². The van der Waals surface area contributed by atoms with E-state index in [9.17, 15) is 0 Å². The lowest BCUT2D eigenvalue weighted by atomic mass is 9.33. The van der Waals surface area contributed by atoms with Gasteiger partial charge in [0.15, 0.2) is 5.58 Å². The summed E-state index contributed by atoms with van der Waals surface area (Å²) in [5, 5.41) is 5.00. The van der Waals surface area contributed by atoms with Gasteiger partial charge < -0.3 is 19.1 Å². The number of hydrogen-bond acceptors (Lipinski definition) is 5. The van der Waals surface area contributed by atoms with Crippen molar-refractivity contribution in [3.8, 4) is 0 Å². The maximum absolute atomic E-state index is 7.26. The van der Waals surface area contributed by atoms with Crippen molar-refractivity contribution in [2.24, 2.45) is 0 Å². The molecule has 5 heterocycles. The largest absolute Gasteiger partial charge is 0.454 e. The molecule has 1 saturated carbocycles. The van der Waals surface area contributed by atoms with Gasteiger partial charge in [-0.2, -0.15) is 0 Å². The van der Waals surface area contributed by atoms with E-state index in [1.165, 1.54) is 140 Å². The molecule has 442 valence electrons. The van der Waals surface area contributed by atoms with E-state index in [1.807, 2.05) is 11.3 Å². The molecule has 0 N–H and O–H groups in total. The van der Waals surface area contributed by atoms with E-state index in [2.05, 4.69) is 260 Å². The number of thiophene rings is 1. The van der Waals surface area contributed by atoms with Crippen LogP contribution in [0.3, 0.4) is 0 Å². The van der Waals surface area contributed by atoms with Crippen molar-refractivity contribution in [3.05, 3.63) is 172 Å². The lowest BCUT2D eigenvalue weighted by molar-refractivity contribution is 0.195. The molecule has 0 saturated heterocycles. The van der Waals surface area contributed by atoms with Crippen LogP contribution in [0.5, 0.6) is 0 Å². The van der Waals surface area contributed by atoms with Gasteiger partial charge in [0.1, 0.15) is 5.58 Å². The van der Waals surface area contributed by atoms with Crippen LogP contribution < -0.4 is 31.1 Å². The maximum Gasteiger partial charge on any atom is 0.252 e. The van der Waals surface area contributed by atoms with Gasteiger partial charge in [-0.3, -0.25) is 0 Å². The zero-order valence-corrected chi connectivity index (χ0v) is 55.8. The molecule has 4 nitrogen and oxygen atoms in total. The summed E-state index contributed by atoms with van der Waals surface area (Å²) in [5.41, 5.74) is 27.4. The van der Waals surface area contributed by atoms with E-state index < -0.39 is 0 Å². The standard InChI is InChI=1S/C81H88BN3OS/c1-47-39-55-57(78(12,13)37-35-76(55,8)9)45-64(47)84-67-43-50(85-62-31-27-49(75(5,6)7)41-59(62)80(16)33-20-21-34-81(80,85)17)42-66-70(67)82(60-30-29-53-54-40-48(74(2,3)4)28-32-69(54)87-73(53)71(60)84)61-44-56-58(79(14,15)38-36-77(56,10)11)46-65(61)83(66)63-25-22-24-52-51-23-18-19-26-68(51)86-72(52)63/h18-19,22-32,39-46H,20-21,33-38H2,1-17H3. The third kappa shape index (κ3) is 7.61. The van der Waals surface area contributed by atoms with Gasteiger partial charge in [-0.15, -0.1) is 11.3 Å².